The number of anilines is 1. The fraction of sp³-hybridized carbons (Fsp3) is 0.500. The maximum absolute atomic E-state index is 5.68. The maximum atomic E-state index is 5.68. The molecule has 1 rings (SSSR count). The van der Waals surface area contributed by atoms with Crippen molar-refractivity contribution in [2.24, 2.45) is 5.73 Å². The first-order chi connectivity index (χ1) is 8.86. The molecule has 3 nitrogen and oxygen atoms in total. The highest BCUT2D eigenvalue weighted by molar-refractivity contribution is 9.10. The van der Waals surface area contributed by atoms with Crippen molar-refractivity contribution >= 4 is 38.8 Å². The van der Waals surface area contributed by atoms with E-state index in [4.69, 9.17) is 18.0 Å². The normalized spacial score (nSPS) is 12.5. The van der Waals surface area contributed by atoms with Crippen LogP contribution in [0.2, 0.25) is 0 Å². The van der Waals surface area contributed by atoms with Gasteiger partial charge in [0.2, 0.25) is 0 Å². The third-order valence-electron chi connectivity index (χ3n) is 3.05. The van der Waals surface area contributed by atoms with Crippen LogP contribution in [0, 0.1) is 0 Å². The Bertz CT molecular complexity index is 448. The van der Waals surface area contributed by atoms with Crippen molar-refractivity contribution < 1.29 is 0 Å². The van der Waals surface area contributed by atoms with Crippen molar-refractivity contribution in [3.05, 3.63) is 28.2 Å². The van der Waals surface area contributed by atoms with Crippen LogP contribution in [0.1, 0.15) is 19.4 Å². The van der Waals surface area contributed by atoms with Gasteiger partial charge >= 0.3 is 0 Å². The highest BCUT2D eigenvalue weighted by Gasteiger charge is 2.15. The molecular weight excluding hydrogens is 322 g/mol. The second kappa shape index (κ2) is 7.22. The Morgan fingerprint density at radius 1 is 1.42 bits per heavy atom. The summed E-state index contributed by atoms with van der Waals surface area (Å²) in [6.45, 7) is 6.39. The Kier molecular flexibility index (Phi) is 6.23. The van der Waals surface area contributed by atoms with Crippen LogP contribution in [0.25, 0.3) is 0 Å². The van der Waals surface area contributed by atoms with Gasteiger partial charge in [0.25, 0.3) is 0 Å². The minimum absolute atomic E-state index is 0.419. The van der Waals surface area contributed by atoms with Gasteiger partial charge in [-0.25, -0.2) is 0 Å². The van der Waals surface area contributed by atoms with Gasteiger partial charge in [0, 0.05) is 34.9 Å². The fourth-order valence-corrected chi connectivity index (χ4v) is 3.15. The van der Waals surface area contributed by atoms with Gasteiger partial charge in [-0.2, -0.15) is 0 Å². The van der Waals surface area contributed by atoms with Gasteiger partial charge in [-0.15, -0.1) is 0 Å². The minimum atomic E-state index is 0.419. The molecule has 1 atom stereocenters. The van der Waals surface area contributed by atoms with Crippen LogP contribution in [0.15, 0.2) is 22.7 Å². The lowest BCUT2D eigenvalue weighted by molar-refractivity contribution is 0.373. The molecule has 0 saturated carbocycles. The fourth-order valence-electron chi connectivity index (χ4n) is 2.26. The van der Waals surface area contributed by atoms with E-state index in [0.717, 1.165) is 23.1 Å². The van der Waals surface area contributed by atoms with Gasteiger partial charge in [-0.05, 0) is 62.1 Å². The smallest absolute Gasteiger partial charge is 0.105 e. The van der Waals surface area contributed by atoms with Crippen LogP contribution in [-0.2, 0) is 0 Å². The van der Waals surface area contributed by atoms with E-state index in [2.05, 4.69) is 65.8 Å². The van der Waals surface area contributed by atoms with E-state index in [1.54, 1.807) is 0 Å². The molecule has 0 bridgehead atoms. The molecule has 0 aliphatic rings. The SMILES string of the molecule is CCN(c1ccc(C(N)=S)c(Br)c1)C(C)CN(C)C. The summed E-state index contributed by atoms with van der Waals surface area (Å²) in [5, 5.41) is 0. The van der Waals surface area contributed by atoms with Crippen molar-refractivity contribution in [2.45, 2.75) is 19.9 Å². The van der Waals surface area contributed by atoms with E-state index < -0.39 is 0 Å². The van der Waals surface area contributed by atoms with Crippen LogP contribution in [-0.4, -0.2) is 43.1 Å². The van der Waals surface area contributed by atoms with E-state index in [1.807, 2.05) is 6.07 Å². The number of likely N-dealkylation sites (N-methyl/N-ethyl adjacent to an activating group) is 2. The Labute approximate surface area is 129 Å². The van der Waals surface area contributed by atoms with E-state index in [9.17, 15) is 0 Å². The van der Waals surface area contributed by atoms with E-state index >= 15 is 0 Å². The number of hydrogen-bond donors (Lipinski definition) is 1. The third kappa shape index (κ3) is 4.44. The zero-order valence-electron chi connectivity index (χ0n) is 12.0. The second-order valence-corrected chi connectivity index (χ2v) is 6.22. The summed E-state index contributed by atoms with van der Waals surface area (Å²) in [5.41, 5.74) is 7.75. The summed E-state index contributed by atoms with van der Waals surface area (Å²) in [6.07, 6.45) is 0. The van der Waals surface area contributed by atoms with E-state index in [-0.39, 0.29) is 0 Å². The lowest BCUT2D eigenvalue weighted by atomic mass is 10.1. The predicted octanol–water partition coefficient (Wildman–Crippen LogP) is 2.86. The number of nitrogens with zero attached hydrogens (tertiary/aromatic N) is 2. The summed E-state index contributed by atoms with van der Waals surface area (Å²) in [4.78, 5) is 4.99. The topological polar surface area (TPSA) is 32.5 Å². The molecule has 0 aromatic heterocycles. The van der Waals surface area contributed by atoms with Gasteiger partial charge in [0.15, 0.2) is 0 Å². The average molecular weight is 344 g/mol. The standard InChI is InChI=1S/C14H22BrN3S/c1-5-18(10(2)9-17(3)4)11-6-7-12(14(16)19)13(15)8-11/h6-8,10H,5,9H2,1-4H3,(H2,16,19). The monoisotopic (exact) mass is 343 g/mol. The van der Waals surface area contributed by atoms with Crippen molar-refractivity contribution in [3.63, 3.8) is 0 Å². The highest BCUT2D eigenvalue weighted by atomic mass is 79.9. The minimum Gasteiger partial charge on any atom is -0.389 e. The zero-order chi connectivity index (χ0) is 14.6. The molecule has 2 N–H and O–H groups in total. The van der Waals surface area contributed by atoms with Gasteiger partial charge in [0.1, 0.15) is 4.99 Å². The predicted molar refractivity (Wildman–Crippen MR) is 91.1 cm³/mol. The molecule has 0 fully saturated rings. The summed E-state index contributed by atoms with van der Waals surface area (Å²) >= 11 is 8.56. The molecule has 0 spiro atoms. The summed E-state index contributed by atoms with van der Waals surface area (Å²) in [7, 11) is 4.19. The second-order valence-electron chi connectivity index (χ2n) is 4.93. The van der Waals surface area contributed by atoms with Crippen molar-refractivity contribution in [1.29, 1.82) is 0 Å². The van der Waals surface area contributed by atoms with Crippen molar-refractivity contribution in [2.75, 3.05) is 32.1 Å². The van der Waals surface area contributed by atoms with Gasteiger partial charge in [-0.1, -0.05) is 12.2 Å². The Hall–Kier alpha value is -0.650. The molecule has 1 unspecified atom stereocenters. The van der Waals surface area contributed by atoms with Crippen molar-refractivity contribution in [1.82, 2.24) is 4.90 Å². The molecule has 1 aromatic carbocycles. The average Bonchev–Trinajstić information content (AvgIpc) is 2.28. The van der Waals surface area contributed by atoms with E-state index in [1.165, 1.54) is 5.69 Å². The Balaban J connectivity index is 2.99. The molecule has 0 aliphatic carbocycles. The largest absolute Gasteiger partial charge is 0.389 e. The van der Waals surface area contributed by atoms with Crippen LogP contribution >= 0.6 is 28.1 Å². The lowest BCUT2D eigenvalue weighted by Crippen LogP contribution is -2.40. The number of rotatable bonds is 6. The number of thiocarbonyl (C=S) groups is 1. The summed E-state index contributed by atoms with van der Waals surface area (Å²) < 4.78 is 0.952. The first-order valence-corrected chi connectivity index (χ1v) is 7.57. The lowest BCUT2D eigenvalue weighted by Gasteiger charge is -2.32. The number of hydrogen-bond acceptors (Lipinski definition) is 3. The van der Waals surface area contributed by atoms with Crippen LogP contribution in [0.4, 0.5) is 5.69 Å². The molecule has 0 amide bonds. The third-order valence-corrected chi connectivity index (χ3v) is 3.93. The van der Waals surface area contributed by atoms with Crippen LogP contribution in [0.5, 0.6) is 0 Å². The molecule has 0 radical (unpaired) electrons. The number of benzene rings is 1. The summed E-state index contributed by atoms with van der Waals surface area (Å²) in [6, 6.07) is 6.59. The highest BCUT2D eigenvalue weighted by Crippen LogP contribution is 2.25. The Morgan fingerprint density at radius 2 is 2.05 bits per heavy atom. The first-order valence-electron chi connectivity index (χ1n) is 6.37. The first kappa shape index (κ1) is 16.4. The molecular formula is C14H22BrN3S. The molecule has 19 heavy (non-hydrogen) atoms. The Morgan fingerprint density at radius 3 is 2.47 bits per heavy atom. The zero-order valence-corrected chi connectivity index (χ0v) is 14.4. The van der Waals surface area contributed by atoms with Crippen LogP contribution in [0.3, 0.4) is 0 Å². The van der Waals surface area contributed by atoms with Gasteiger partial charge < -0.3 is 15.5 Å². The molecule has 0 heterocycles. The van der Waals surface area contributed by atoms with Crippen LogP contribution < -0.4 is 10.6 Å². The summed E-state index contributed by atoms with van der Waals surface area (Å²) in [5.74, 6) is 0. The molecule has 1 aromatic rings. The number of halogens is 1. The van der Waals surface area contributed by atoms with Crippen molar-refractivity contribution in [3.8, 4) is 0 Å². The number of nitrogens with two attached hydrogens (primary N) is 1. The quantitative estimate of drug-likeness (QED) is 0.805. The molecule has 5 heteroatoms. The molecule has 0 saturated heterocycles. The van der Waals surface area contributed by atoms with Gasteiger partial charge in [0.05, 0.1) is 0 Å². The van der Waals surface area contributed by atoms with E-state index in [0.29, 0.717) is 11.0 Å². The molecule has 106 valence electrons. The maximum Gasteiger partial charge on any atom is 0.105 e. The van der Waals surface area contributed by atoms with Gasteiger partial charge in [-0.3, -0.25) is 0 Å². The molecule has 0 aliphatic heterocycles.